The van der Waals surface area contributed by atoms with Gasteiger partial charge in [-0.2, -0.15) is 0 Å². The summed E-state index contributed by atoms with van der Waals surface area (Å²) < 4.78 is 16.4. The second kappa shape index (κ2) is 14.4. The first-order chi connectivity index (χ1) is 14.6. The maximum absolute atomic E-state index is 5.87. The van der Waals surface area contributed by atoms with E-state index < -0.39 is 0 Å². The summed E-state index contributed by atoms with van der Waals surface area (Å²) in [5.74, 6) is 0.845. The summed E-state index contributed by atoms with van der Waals surface area (Å²) in [5, 5.41) is 6.72. The normalized spacial score (nSPS) is 20.3. The van der Waals surface area contributed by atoms with Gasteiger partial charge in [0.2, 0.25) is 0 Å². The first-order valence-corrected chi connectivity index (χ1v) is 11.2. The Morgan fingerprint density at radius 1 is 1.10 bits per heavy atom. The minimum Gasteiger partial charge on any atom is -0.382 e. The number of aliphatic imine (C=N–C) groups is 1. The van der Waals surface area contributed by atoms with Gasteiger partial charge >= 0.3 is 0 Å². The van der Waals surface area contributed by atoms with E-state index in [0.29, 0.717) is 19.8 Å². The van der Waals surface area contributed by atoms with Gasteiger partial charge in [-0.25, -0.2) is 4.99 Å². The van der Waals surface area contributed by atoms with Crippen molar-refractivity contribution in [2.24, 2.45) is 4.99 Å². The zero-order valence-electron chi connectivity index (χ0n) is 19.2. The number of hydrogen-bond donors (Lipinski definition) is 2. The highest BCUT2D eigenvalue weighted by molar-refractivity contribution is 5.79. The molecule has 7 heteroatoms. The van der Waals surface area contributed by atoms with E-state index in [0.717, 1.165) is 51.7 Å². The van der Waals surface area contributed by atoms with Crippen molar-refractivity contribution in [1.82, 2.24) is 15.5 Å². The second-order valence-electron chi connectivity index (χ2n) is 7.80. The van der Waals surface area contributed by atoms with E-state index in [9.17, 15) is 0 Å². The second-order valence-corrected chi connectivity index (χ2v) is 7.80. The topological polar surface area (TPSA) is 67.4 Å². The fourth-order valence-electron chi connectivity index (χ4n) is 3.65. The monoisotopic (exact) mass is 420 g/mol. The zero-order chi connectivity index (χ0) is 21.6. The third kappa shape index (κ3) is 9.43. The number of methoxy groups -OCH3 is 1. The number of benzene rings is 1. The molecule has 1 aromatic rings. The average molecular weight is 421 g/mol. The summed E-state index contributed by atoms with van der Waals surface area (Å²) in [5.41, 5.74) is 2.61. The van der Waals surface area contributed by atoms with Crippen LogP contribution in [0.25, 0.3) is 0 Å². The molecule has 0 bridgehead atoms. The lowest BCUT2D eigenvalue weighted by atomic mass is 10.1. The van der Waals surface area contributed by atoms with Crippen molar-refractivity contribution in [2.45, 2.75) is 52.5 Å². The van der Waals surface area contributed by atoms with Gasteiger partial charge in [-0.3, -0.25) is 4.90 Å². The van der Waals surface area contributed by atoms with Crippen molar-refractivity contribution in [3.8, 4) is 0 Å². The molecule has 0 spiro atoms. The molecule has 0 amide bonds. The Balaban J connectivity index is 1.87. The van der Waals surface area contributed by atoms with Crippen LogP contribution in [0.5, 0.6) is 0 Å². The number of guanidine groups is 1. The van der Waals surface area contributed by atoms with Crippen LogP contribution < -0.4 is 10.6 Å². The van der Waals surface area contributed by atoms with Crippen LogP contribution in [-0.4, -0.2) is 76.2 Å². The summed E-state index contributed by atoms with van der Waals surface area (Å²) in [6.07, 6.45) is 1.49. The van der Waals surface area contributed by atoms with Gasteiger partial charge in [-0.15, -0.1) is 0 Å². The third-order valence-corrected chi connectivity index (χ3v) is 4.95. The van der Waals surface area contributed by atoms with Gasteiger partial charge in [0.15, 0.2) is 5.96 Å². The lowest BCUT2D eigenvalue weighted by Crippen LogP contribution is -2.44. The predicted octanol–water partition coefficient (Wildman–Crippen LogP) is 2.40. The molecule has 7 nitrogen and oxygen atoms in total. The summed E-state index contributed by atoms with van der Waals surface area (Å²) in [6, 6.07) is 8.60. The molecular weight excluding hydrogens is 380 g/mol. The quantitative estimate of drug-likeness (QED) is 0.308. The summed E-state index contributed by atoms with van der Waals surface area (Å²) in [6.45, 7) is 13.6. The summed E-state index contributed by atoms with van der Waals surface area (Å²) in [4.78, 5) is 7.29. The van der Waals surface area contributed by atoms with Gasteiger partial charge in [-0.05, 0) is 38.3 Å². The zero-order valence-corrected chi connectivity index (χ0v) is 19.2. The maximum Gasteiger partial charge on any atom is 0.191 e. The van der Waals surface area contributed by atoms with Crippen LogP contribution in [0.3, 0.4) is 0 Å². The molecular formula is C23H40N4O3. The maximum atomic E-state index is 5.87. The number of morpholine rings is 1. The van der Waals surface area contributed by atoms with Crippen LogP contribution >= 0.6 is 0 Å². The Labute approximate surface area is 182 Å². The smallest absolute Gasteiger partial charge is 0.191 e. The van der Waals surface area contributed by atoms with Crippen molar-refractivity contribution in [3.05, 3.63) is 35.4 Å². The molecule has 1 saturated heterocycles. The van der Waals surface area contributed by atoms with Crippen LogP contribution in [0.15, 0.2) is 29.3 Å². The van der Waals surface area contributed by atoms with Crippen LogP contribution in [0.1, 0.15) is 38.3 Å². The lowest BCUT2D eigenvalue weighted by molar-refractivity contribution is -0.0705. The molecule has 0 aromatic heterocycles. The molecule has 2 unspecified atom stereocenters. The average Bonchev–Trinajstić information content (AvgIpc) is 2.71. The number of rotatable bonds is 12. The molecule has 0 aliphatic carbocycles. The van der Waals surface area contributed by atoms with Crippen LogP contribution in [0.4, 0.5) is 0 Å². The summed E-state index contributed by atoms with van der Waals surface area (Å²) in [7, 11) is 1.68. The van der Waals surface area contributed by atoms with Crippen LogP contribution in [-0.2, 0) is 27.3 Å². The van der Waals surface area contributed by atoms with Crippen molar-refractivity contribution in [2.75, 3.05) is 53.1 Å². The molecule has 1 aromatic carbocycles. The highest BCUT2D eigenvalue weighted by atomic mass is 16.5. The fraction of sp³-hybridized carbons (Fsp3) is 0.696. The van der Waals surface area contributed by atoms with Crippen molar-refractivity contribution in [1.29, 1.82) is 0 Å². The van der Waals surface area contributed by atoms with Crippen LogP contribution in [0, 0.1) is 0 Å². The Kier molecular flexibility index (Phi) is 11.8. The molecule has 2 N–H and O–H groups in total. The van der Waals surface area contributed by atoms with E-state index >= 15 is 0 Å². The molecule has 0 radical (unpaired) electrons. The van der Waals surface area contributed by atoms with E-state index in [-0.39, 0.29) is 12.2 Å². The SMILES string of the molecule is CCNC(=NCc1ccccc1CN1CC(C)OC(C)C1)NCCCOCCOC. The van der Waals surface area contributed by atoms with Crippen molar-refractivity contribution < 1.29 is 14.2 Å². The van der Waals surface area contributed by atoms with E-state index in [1.165, 1.54) is 11.1 Å². The molecule has 1 aliphatic rings. The minimum absolute atomic E-state index is 0.280. The molecule has 0 saturated carbocycles. The van der Waals surface area contributed by atoms with Crippen LogP contribution in [0.2, 0.25) is 0 Å². The fourth-order valence-corrected chi connectivity index (χ4v) is 3.65. The van der Waals surface area contributed by atoms with E-state index in [1.807, 2.05) is 0 Å². The first-order valence-electron chi connectivity index (χ1n) is 11.2. The highest BCUT2D eigenvalue weighted by Gasteiger charge is 2.22. The van der Waals surface area contributed by atoms with Crippen molar-refractivity contribution in [3.63, 3.8) is 0 Å². The molecule has 2 atom stereocenters. The molecule has 1 aliphatic heterocycles. The Morgan fingerprint density at radius 3 is 2.53 bits per heavy atom. The molecule has 1 heterocycles. The number of nitrogens with zero attached hydrogens (tertiary/aromatic N) is 2. The molecule has 1 fully saturated rings. The summed E-state index contributed by atoms with van der Waals surface area (Å²) >= 11 is 0. The Morgan fingerprint density at radius 2 is 1.83 bits per heavy atom. The van der Waals surface area contributed by atoms with E-state index in [1.54, 1.807) is 7.11 Å². The third-order valence-electron chi connectivity index (χ3n) is 4.95. The van der Waals surface area contributed by atoms with Gasteiger partial charge < -0.3 is 24.8 Å². The lowest BCUT2D eigenvalue weighted by Gasteiger charge is -2.35. The standard InChI is InChI=1S/C23H40N4O3/c1-5-24-23(25-11-8-12-29-14-13-28-4)26-15-21-9-6-7-10-22(21)18-27-16-19(2)30-20(3)17-27/h6-7,9-10,19-20H,5,8,11-18H2,1-4H3,(H2,24,25,26). The Hall–Kier alpha value is -1.67. The van der Waals surface area contributed by atoms with Gasteiger partial charge in [0, 0.05) is 46.4 Å². The van der Waals surface area contributed by atoms with E-state index in [2.05, 4.69) is 60.6 Å². The van der Waals surface area contributed by atoms with Gasteiger partial charge in [-0.1, -0.05) is 24.3 Å². The predicted molar refractivity (Wildman–Crippen MR) is 122 cm³/mol. The number of nitrogens with one attached hydrogen (secondary N) is 2. The molecule has 2 rings (SSSR count). The number of hydrogen-bond acceptors (Lipinski definition) is 5. The van der Waals surface area contributed by atoms with Gasteiger partial charge in [0.05, 0.1) is 32.0 Å². The highest BCUT2D eigenvalue weighted by Crippen LogP contribution is 2.17. The van der Waals surface area contributed by atoms with Crippen molar-refractivity contribution >= 4 is 5.96 Å². The first kappa shape index (κ1) is 24.6. The largest absolute Gasteiger partial charge is 0.382 e. The minimum atomic E-state index is 0.280. The van der Waals surface area contributed by atoms with E-state index in [4.69, 9.17) is 19.2 Å². The van der Waals surface area contributed by atoms with Gasteiger partial charge in [0.1, 0.15) is 0 Å². The van der Waals surface area contributed by atoms with Gasteiger partial charge in [0.25, 0.3) is 0 Å². The Bertz CT molecular complexity index is 616. The number of ether oxygens (including phenoxy) is 3. The molecule has 30 heavy (non-hydrogen) atoms. The molecule has 170 valence electrons.